The largest absolute Gasteiger partial charge is 0.496 e. The number of furan rings is 1. The third-order valence-electron chi connectivity index (χ3n) is 6.66. The summed E-state index contributed by atoms with van der Waals surface area (Å²) in [7, 11) is -1.62. The summed E-state index contributed by atoms with van der Waals surface area (Å²) in [4.78, 5) is 8.55. The van der Waals surface area contributed by atoms with Crippen LogP contribution in [0.15, 0.2) is 77.5 Å². The predicted octanol–water partition coefficient (Wildman–Crippen LogP) is 6.51. The van der Waals surface area contributed by atoms with Crippen molar-refractivity contribution in [2.75, 3.05) is 31.0 Å². The van der Waals surface area contributed by atoms with Gasteiger partial charge in [-0.1, -0.05) is 12.1 Å². The number of rotatable bonds is 12. The van der Waals surface area contributed by atoms with Gasteiger partial charge in [0.2, 0.25) is 0 Å². The maximum Gasteiger partial charge on any atom is 0.420 e. The molecule has 0 saturated carbocycles. The van der Waals surface area contributed by atoms with Gasteiger partial charge in [0.1, 0.15) is 57.4 Å². The van der Waals surface area contributed by atoms with E-state index in [1.807, 2.05) is 0 Å². The molecule has 0 spiro atoms. The molecule has 9 nitrogen and oxygen atoms in total. The van der Waals surface area contributed by atoms with Crippen LogP contribution in [-0.4, -0.2) is 44.0 Å². The first-order valence-corrected chi connectivity index (χ1v) is 15.6. The van der Waals surface area contributed by atoms with E-state index in [-0.39, 0.29) is 30.4 Å². The molecule has 0 unspecified atom stereocenters. The Morgan fingerprint density at radius 3 is 2.53 bits per heavy atom. The van der Waals surface area contributed by atoms with Gasteiger partial charge in [0.15, 0.2) is 0 Å². The molecule has 2 aromatic heterocycles. The van der Waals surface area contributed by atoms with Gasteiger partial charge in [-0.3, -0.25) is 0 Å². The zero-order valence-corrected chi connectivity index (χ0v) is 24.9. The van der Waals surface area contributed by atoms with Crippen molar-refractivity contribution in [2.45, 2.75) is 19.3 Å². The monoisotopic (exact) mass is 644 g/mol. The number of anilines is 2. The summed E-state index contributed by atoms with van der Waals surface area (Å²) in [6.07, 6.45) is -2.30. The van der Waals surface area contributed by atoms with Gasteiger partial charge >= 0.3 is 6.18 Å². The smallest absolute Gasteiger partial charge is 0.420 e. The first-order chi connectivity index (χ1) is 21.4. The number of hydrogen-bond acceptors (Lipinski definition) is 9. The molecular formula is C31H28F4N4O5S. The third kappa shape index (κ3) is 8.08. The molecule has 0 fully saturated rings. The number of sulfone groups is 1. The summed E-state index contributed by atoms with van der Waals surface area (Å²) in [5.41, 5.74) is 0.475. The second-order valence-electron chi connectivity index (χ2n) is 10.1. The van der Waals surface area contributed by atoms with Crippen LogP contribution in [0.5, 0.6) is 11.5 Å². The highest BCUT2D eigenvalue weighted by Crippen LogP contribution is 2.40. The molecule has 3 aromatic carbocycles. The Morgan fingerprint density at radius 2 is 1.80 bits per heavy atom. The lowest BCUT2D eigenvalue weighted by atomic mass is 10.1. The van der Waals surface area contributed by atoms with Crippen molar-refractivity contribution in [2.24, 2.45) is 0 Å². The molecule has 14 heteroatoms. The highest BCUT2D eigenvalue weighted by atomic mass is 32.2. The molecule has 0 aliphatic carbocycles. The van der Waals surface area contributed by atoms with Gasteiger partial charge in [0, 0.05) is 29.9 Å². The fraction of sp³-hybridized carbons (Fsp3) is 0.226. The lowest BCUT2D eigenvalue weighted by molar-refractivity contribution is -0.139. The number of alkyl halides is 3. The number of fused-ring (bicyclic) bond motifs is 1. The van der Waals surface area contributed by atoms with Gasteiger partial charge in [-0.2, -0.15) is 13.2 Å². The summed E-state index contributed by atoms with van der Waals surface area (Å²) < 4.78 is 95.3. The summed E-state index contributed by atoms with van der Waals surface area (Å²) in [5, 5.41) is 6.45. The van der Waals surface area contributed by atoms with E-state index in [2.05, 4.69) is 20.6 Å². The van der Waals surface area contributed by atoms with E-state index in [9.17, 15) is 26.0 Å². The average Bonchev–Trinajstić information content (AvgIpc) is 3.46. The highest BCUT2D eigenvalue weighted by molar-refractivity contribution is 7.90. The van der Waals surface area contributed by atoms with Crippen LogP contribution in [0, 0.1) is 5.82 Å². The van der Waals surface area contributed by atoms with Crippen molar-refractivity contribution in [3.05, 3.63) is 95.8 Å². The first kappa shape index (κ1) is 31.7. The summed E-state index contributed by atoms with van der Waals surface area (Å²) >= 11 is 0. The van der Waals surface area contributed by atoms with E-state index in [4.69, 9.17) is 13.9 Å². The molecule has 0 bridgehead atoms. The Bertz CT molecular complexity index is 1930. The SMILES string of the molecule is COc1cc2ncnc(Nc3ccc(OCc4cccc(F)c4)c(C(F)(F)F)c3)c2cc1-c1ccc(CNCCS(C)(=O)=O)o1. The van der Waals surface area contributed by atoms with Gasteiger partial charge in [-0.05, 0) is 54.1 Å². The normalized spacial score (nSPS) is 12.0. The Labute approximate surface area is 256 Å². The Hall–Kier alpha value is -4.69. The minimum atomic E-state index is -4.74. The Balaban J connectivity index is 1.41. The fourth-order valence-corrected chi connectivity index (χ4v) is 5.03. The number of nitrogens with zero attached hydrogens (tertiary/aromatic N) is 2. The lowest BCUT2D eigenvalue weighted by Gasteiger charge is -2.17. The van der Waals surface area contributed by atoms with Crippen LogP contribution in [-0.2, 0) is 29.2 Å². The molecule has 0 amide bonds. The number of methoxy groups -OCH3 is 1. The van der Waals surface area contributed by atoms with E-state index < -0.39 is 33.1 Å². The molecule has 0 atom stereocenters. The van der Waals surface area contributed by atoms with Crippen molar-refractivity contribution >= 4 is 32.2 Å². The fourth-order valence-electron chi connectivity index (χ4n) is 4.51. The second kappa shape index (κ2) is 13.1. The average molecular weight is 645 g/mol. The molecule has 45 heavy (non-hydrogen) atoms. The van der Waals surface area contributed by atoms with Gasteiger partial charge in [-0.15, -0.1) is 0 Å². The van der Waals surface area contributed by atoms with Crippen LogP contribution in [0.25, 0.3) is 22.2 Å². The molecule has 2 heterocycles. The molecule has 5 aromatic rings. The number of hydrogen-bond donors (Lipinski definition) is 2. The summed E-state index contributed by atoms with van der Waals surface area (Å²) in [5.74, 6) is 0.749. The zero-order chi connectivity index (χ0) is 32.2. The van der Waals surface area contributed by atoms with E-state index in [1.54, 1.807) is 30.3 Å². The van der Waals surface area contributed by atoms with Gasteiger partial charge in [-0.25, -0.2) is 22.8 Å². The summed E-state index contributed by atoms with van der Waals surface area (Å²) in [6.45, 7) is 0.307. The van der Waals surface area contributed by atoms with Crippen molar-refractivity contribution in [1.29, 1.82) is 0 Å². The molecule has 0 radical (unpaired) electrons. The number of benzene rings is 3. The maximum absolute atomic E-state index is 14.0. The van der Waals surface area contributed by atoms with Gasteiger partial charge in [0.05, 0.1) is 36.1 Å². The van der Waals surface area contributed by atoms with E-state index in [0.717, 1.165) is 12.3 Å². The van der Waals surface area contributed by atoms with Crippen molar-refractivity contribution < 1.29 is 39.9 Å². The van der Waals surface area contributed by atoms with Crippen LogP contribution < -0.4 is 20.1 Å². The highest BCUT2D eigenvalue weighted by Gasteiger charge is 2.35. The molecule has 5 rings (SSSR count). The standard InChI is InChI=1S/C31H28F4N4O5S/c1-42-29-15-26-23(14-24(29)27-9-7-22(44-27)16-36-10-11-45(2,40)41)30(38-18-37-26)39-21-6-8-28(25(13-21)31(33,34)35)43-17-19-4-3-5-20(32)12-19/h3-9,12-15,18,36H,10-11,16-17H2,1-2H3,(H,37,38,39). The topological polar surface area (TPSA) is 116 Å². The predicted molar refractivity (Wildman–Crippen MR) is 161 cm³/mol. The number of nitrogens with one attached hydrogen (secondary N) is 2. The van der Waals surface area contributed by atoms with Crippen LogP contribution in [0.3, 0.4) is 0 Å². The van der Waals surface area contributed by atoms with E-state index in [0.29, 0.717) is 45.8 Å². The molecule has 0 aliphatic heterocycles. The number of aromatic nitrogens is 2. The van der Waals surface area contributed by atoms with Crippen molar-refractivity contribution in [3.63, 3.8) is 0 Å². The van der Waals surface area contributed by atoms with Crippen LogP contribution in [0.4, 0.5) is 29.1 Å². The van der Waals surface area contributed by atoms with Crippen LogP contribution in [0.2, 0.25) is 0 Å². The number of ether oxygens (including phenoxy) is 2. The molecule has 0 saturated heterocycles. The summed E-state index contributed by atoms with van der Waals surface area (Å²) in [6, 6.07) is 15.8. The van der Waals surface area contributed by atoms with Crippen molar-refractivity contribution in [3.8, 4) is 22.8 Å². The first-order valence-electron chi connectivity index (χ1n) is 13.6. The second-order valence-corrected chi connectivity index (χ2v) is 12.4. The third-order valence-corrected chi connectivity index (χ3v) is 7.61. The Morgan fingerprint density at radius 1 is 0.978 bits per heavy atom. The van der Waals surface area contributed by atoms with E-state index in [1.165, 1.54) is 43.8 Å². The molecule has 2 N–H and O–H groups in total. The quantitative estimate of drug-likeness (QED) is 0.116. The van der Waals surface area contributed by atoms with E-state index >= 15 is 0 Å². The van der Waals surface area contributed by atoms with Crippen LogP contribution in [0.1, 0.15) is 16.9 Å². The molecule has 0 aliphatic rings. The number of halogens is 4. The zero-order valence-electron chi connectivity index (χ0n) is 24.1. The van der Waals surface area contributed by atoms with Crippen molar-refractivity contribution in [1.82, 2.24) is 15.3 Å². The molecule has 236 valence electrons. The van der Waals surface area contributed by atoms with Crippen LogP contribution >= 0.6 is 0 Å². The molecular weight excluding hydrogens is 616 g/mol. The lowest BCUT2D eigenvalue weighted by Crippen LogP contribution is -2.21. The minimum absolute atomic E-state index is 0.00995. The van der Waals surface area contributed by atoms with Gasteiger partial charge in [0.25, 0.3) is 0 Å². The minimum Gasteiger partial charge on any atom is -0.496 e. The van der Waals surface area contributed by atoms with Gasteiger partial charge < -0.3 is 24.5 Å². The Kier molecular flexibility index (Phi) is 9.25. The maximum atomic E-state index is 14.0.